The van der Waals surface area contributed by atoms with Gasteiger partial charge in [0, 0.05) is 29.1 Å². The van der Waals surface area contributed by atoms with Crippen molar-refractivity contribution in [1.29, 1.82) is 0 Å². The maximum Gasteiger partial charge on any atom is 0.194 e. The van der Waals surface area contributed by atoms with Crippen LogP contribution in [0.2, 0.25) is 0 Å². The Morgan fingerprint density at radius 3 is 2.68 bits per heavy atom. The van der Waals surface area contributed by atoms with E-state index in [4.69, 9.17) is 4.99 Å². The Bertz CT molecular complexity index is 646. The van der Waals surface area contributed by atoms with Gasteiger partial charge in [0.1, 0.15) is 0 Å². The van der Waals surface area contributed by atoms with Crippen molar-refractivity contribution in [3.8, 4) is 0 Å². The molecule has 0 fully saturated rings. The molecule has 138 valence electrons. The number of thioether (sulfide) groups is 1. The highest BCUT2D eigenvalue weighted by Crippen LogP contribution is 2.22. The predicted octanol–water partition coefficient (Wildman–Crippen LogP) is 4.65. The molecular formula is C18H27IN4S2. The first-order valence-electron chi connectivity index (χ1n) is 8.20. The number of aromatic nitrogens is 1. The quantitative estimate of drug-likeness (QED) is 0.266. The van der Waals surface area contributed by atoms with E-state index in [9.17, 15) is 0 Å². The third-order valence-electron chi connectivity index (χ3n) is 3.34. The van der Waals surface area contributed by atoms with Gasteiger partial charge in [0.2, 0.25) is 0 Å². The normalized spacial score (nSPS) is 12.4. The van der Waals surface area contributed by atoms with Gasteiger partial charge in [-0.25, -0.2) is 4.98 Å². The molecule has 4 nitrogen and oxygen atoms in total. The molecule has 1 aromatic heterocycles. The number of rotatable bonds is 7. The Morgan fingerprint density at radius 2 is 2.08 bits per heavy atom. The molecule has 25 heavy (non-hydrogen) atoms. The van der Waals surface area contributed by atoms with Crippen LogP contribution >= 0.6 is 47.1 Å². The summed E-state index contributed by atoms with van der Waals surface area (Å²) in [5.41, 5.74) is 1.09. The van der Waals surface area contributed by atoms with Gasteiger partial charge >= 0.3 is 0 Å². The Kier molecular flexibility index (Phi) is 10.4. The van der Waals surface area contributed by atoms with Gasteiger partial charge in [-0.05, 0) is 26.0 Å². The van der Waals surface area contributed by atoms with Crippen LogP contribution in [0, 0.1) is 6.92 Å². The smallest absolute Gasteiger partial charge is 0.194 e. The van der Waals surface area contributed by atoms with Crippen LogP contribution in [-0.2, 0) is 6.54 Å². The first-order chi connectivity index (χ1) is 11.6. The van der Waals surface area contributed by atoms with Gasteiger partial charge in [-0.3, -0.25) is 4.99 Å². The molecule has 1 heterocycles. The lowest BCUT2D eigenvalue weighted by atomic mass is 10.4. The van der Waals surface area contributed by atoms with Gasteiger partial charge in [-0.15, -0.1) is 47.1 Å². The lowest BCUT2D eigenvalue weighted by Gasteiger charge is -2.21. The van der Waals surface area contributed by atoms with Crippen molar-refractivity contribution >= 4 is 53.0 Å². The molecule has 0 bridgehead atoms. The third-order valence-corrected chi connectivity index (χ3v) is 5.26. The number of halogens is 1. The van der Waals surface area contributed by atoms with Gasteiger partial charge in [-0.2, -0.15) is 0 Å². The van der Waals surface area contributed by atoms with E-state index in [-0.39, 0.29) is 24.0 Å². The van der Waals surface area contributed by atoms with Crippen LogP contribution in [0.25, 0.3) is 0 Å². The standard InChI is InChI=1S/C18H26N4S2.HI/c1-5-19-18(22(4)12-16-13-23-15(3)21-16)20-11-14(2)24-17-9-7-6-8-10-17;/h6-10,13-14H,5,11-12H2,1-4H3,(H,19,20);1H. The molecule has 0 spiro atoms. The largest absolute Gasteiger partial charge is 0.357 e. The number of nitrogens with zero attached hydrogens (tertiary/aromatic N) is 3. The maximum atomic E-state index is 4.80. The zero-order chi connectivity index (χ0) is 17.4. The Morgan fingerprint density at radius 1 is 1.36 bits per heavy atom. The second-order valence-corrected chi connectivity index (χ2v) is 8.22. The minimum Gasteiger partial charge on any atom is -0.357 e. The number of benzene rings is 1. The van der Waals surface area contributed by atoms with Gasteiger partial charge in [0.05, 0.1) is 23.8 Å². The Labute approximate surface area is 176 Å². The van der Waals surface area contributed by atoms with Crippen LogP contribution in [0.1, 0.15) is 24.5 Å². The van der Waals surface area contributed by atoms with E-state index in [1.165, 1.54) is 4.90 Å². The molecule has 2 rings (SSSR count). The fraction of sp³-hybridized carbons (Fsp3) is 0.444. The van der Waals surface area contributed by atoms with Gasteiger partial charge < -0.3 is 10.2 Å². The second-order valence-electron chi connectivity index (χ2n) is 5.65. The molecule has 0 aliphatic heterocycles. The van der Waals surface area contributed by atoms with E-state index in [0.29, 0.717) is 5.25 Å². The molecule has 1 atom stereocenters. The van der Waals surface area contributed by atoms with E-state index in [1.807, 2.05) is 24.8 Å². The summed E-state index contributed by atoms with van der Waals surface area (Å²) in [6, 6.07) is 10.5. The highest BCUT2D eigenvalue weighted by molar-refractivity contribution is 14.0. The topological polar surface area (TPSA) is 40.5 Å². The molecule has 2 aromatic rings. The van der Waals surface area contributed by atoms with Crippen LogP contribution in [0.5, 0.6) is 0 Å². The summed E-state index contributed by atoms with van der Waals surface area (Å²) >= 11 is 3.55. The minimum absolute atomic E-state index is 0. The zero-order valence-corrected chi connectivity index (χ0v) is 19.2. The third kappa shape index (κ3) is 7.96. The molecular weight excluding hydrogens is 463 g/mol. The lowest BCUT2D eigenvalue weighted by molar-refractivity contribution is 0.471. The number of thiazole rings is 1. The van der Waals surface area contributed by atoms with E-state index in [1.54, 1.807) is 11.3 Å². The Balaban J connectivity index is 0.00000312. The Hall–Kier alpha value is -0.800. The highest BCUT2D eigenvalue weighted by atomic mass is 127. The first kappa shape index (κ1) is 22.2. The number of nitrogens with one attached hydrogen (secondary N) is 1. The van der Waals surface area contributed by atoms with E-state index in [2.05, 4.69) is 65.7 Å². The van der Waals surface area contributed by atoms with E-state index in [0.717, 1.165) is 36.3 Å². The van der Waals surface area contributed by atoms with Crippen LogP contribution in [0.4, 0.5) is 0 Å². The van der Waals surface area contributed by atoms with Crippen molar-refractivity contribution in [2.75, 3.05) is 20.1 Å². The average molecular weight is 490 g/mol. The highest BCUT2D eigenvalue weighted by Gasteiger charge is 2.10. The van der Waals surface area contributed by atoms with Crippen molar-refractivity contribution in [1.82, 2.24) is 15.2 Å². The molecule has 0 saturated heterocycles. The lowest BCUT2D eigenvalue weighted by Crippen LogP contribution is -2.39. The van der Waals surface area contributed by atoms with E-state index < -0.39 is 0 Å². The summed E-state index contributed by atoms with van der Waals surface area (Å²) in [4.78, 5) is 12.8. The molecule has 0 amide bonds. The summed E-state index contributed by atoms with van der Waals surface area (Å²) in [7, 11) is 2.06. The maximum absolute atomic E-state index is 4.80. The van der Waals surface area contributed by atoms with Crippen molar-refractivity contribution < 1.29 is 0 Å². The van der Waals surface area contributed by atoms with Gasteiger partial charge in [-0.1, -0.05) is 25.1 Å². The number of hydrogen-bond acceptors (Lipinski definition) is 4. The van der Waals surface area contributed by atoms with E-state index >= 15 is 0 Å². The minimum atomic E-state index is 0. The average Bonchev–Trinajstić information content (AvgIpc) is 2.97. The summed E-state index contributed by atoms with van der Waals surface area (Å²) < 4.78 is 0. The summed E-state index contributed by atoms with van der Waals surface area (Å²) in [5.74, 6) is 0.934. The number of aryl methyl sites for hydroxylation is 1. The summed E-state index contributed by atoms with van der Waals surface area (Å²) in [5, 5.41) is 7.02. The number of aliphatic imine (C=N–C) groups is 1. The predicted molar refractivity (Wildman–Crippen MR) is 121 cm³/mol. The fourth-order valence-corrected chi connectivity index (χ4v) is 3.78. The number of guanidine groups is 1. The molecule has 0 aliphatic rings. The summed E-state index contributed by atoms with van der Waals surface area (Å²) in [6.07, 6.45) is 0. The molecule has 0 aliphatic carbocycles. The molecule has 1 unspecified atom stereocenters. The molecule has 7 heteroatoms. The van der Waals surface area contributed by atoms with Crippen molar-refractivity contribution in [2.45, 2.75) is 37.5 Å². The fourth-order valence-electron chi connectivity index (χ4n) is 2.25. The van der Waals surface area contributed by atoms with Crippen LogP contribution in [0.3, 0.4) is 0 Å². The van der Waals surface area contributed by atoms with Crippen LogP contribution < -0.4 is 5.32 Å². The monoisotopic (exact) mass is 490 g/mol. The second kappa shape index (κ2) is 11.7. The zero-order valence-electron chi connectivity index (χ0n) is 15.2. The first-order valence-corrected chi connectivity index (χ1v) is 9.96. The summed E-state index contributed by atoms with van der Waals surface area (Å²) in [6.45, 7) is 8.77. The van der Waals surface area contributed by atoms with Crippen LogP contribution in [0.15, 0.2) is 45.6 Å². The van der Waals surface area contributed by atoms with Gasteiger partial charge in [0.25, 0.3) is 0 Å². The van der Waals surface area contributed by atoms with Crippen LogP contribution in [-0.4, -0.2) is 41.2 Å². The van der Waals surface area contributed by atoms with Crippen molar-refractivity contribution in [3.63, 3.8) is 0 Å². The van der Waals surface area contributed by atoms with Crippen molar-refractivity contribution in [2.24, 2.45) is 4.99 Å². The molecule has 1 aromatic carbocycles. The van der Waals surface area contributed by atoms with Crippen molar-refractivity contribution in [3.05, 3.63) is 46.4 Å². The van der Waals surface area contributed by atoms with Gasteiger partial charge in [0.15, 0.2) is 5.96 Å². The SMILES string of the molecule is CCNC(=NCC(C)Sc1ccccc1)N(C)Cc1csc(C)n1.I. The number of hydrogen-bond donors (Lipinski definition) is 1. The molecule has 0 radical (unpaired) electrons. The molecule has 1 N–H and O–H groups in total. The molecule has 0 saturated carbocycles.